The third-order valence-electron chi connectivity index (χ3n) is 5.45. The number of carbonyl (C=O) groups is 3. The largest absolute Gasteiger partial charge is 0.480 e. The Bertz CT molecular complexity index is 964. The summed E-state index contributed by atoms with van der Waals surface area (Å²) < 4.78 is 10.4. The molecule has 9 heteroatoms. The summed E-state index contributed by atoms with van der Waals surface area (Å²) in [6.07, 6.45) is -0.752. The molecule has 0 aromatic heterocycles. The summed E-state index contributed by atoms with van der Waals surface area (Å²) in [6, 6.07) is 13.8. The zero-order valence-electron chi connectivity index (χ0n) is 18.9. The molecule has 176 valence electrons. The molecule has 2 aromatic carbocycles. The van der Waals surface area contributed by atoms with Gasteiger partial charge in [-0.3, -0.25) is 4.79 Å². The average Bonchev–Trinajstić information content (AvgIpc) is 3.10. The van der Waals surface area contributed by atoms with Crippen molar-refractivity contribution in [1.29, 1.82) is 0 Å². The van der Waals surface area contributed by atoms with Gasteiger partial charge in [-0.05, 0) is 36.3 Å². The van der Waals surface area contributed by atoms with Crippen LogP contribution < -0.4 is 10.6 Å². The molecular formula is C24H29N3O6. The predicted octanol–water partition coefficient (Wildman–Crippen LogP) is 1.67. The number of fused-ring (bicyclic) bond motifs is 3. The van der Waals surface area contributed by atoms with Gasteiger partial charge in [-0.25, -0.2) is 9.59 Å². The van der Waals surface area contributed by atoms with E-state index in [2.05, 4.69) is 10.6 Å². The number of rotatable bonds is 10. The maximum Gasteiger partial charge on any atom is 0.407 e. The average molecular weight is 456 g/mol. The van der Waals surface area contributed by atoms with Crippen LogP contribution in [0.2, 0.25) is 0 Å². The van der Waals surface area contributed by atoms with Crippen LogP contribution in [0.5, 0.6) is 0 Å². The molecule has 9 nitrogen and oxygen atoms in total. The summed E-state index contributed by atoms with van der Waals surface area (Å²) in [5.41, 5.74) is 4.39. The van der Waals surface area contributed by atoms with Crippen LogP contribution in [0.25, 0.3) is 11.1 Å². The van der Waals surface area contributed by atoms with E-state index in [4.69, 9.17) is 9.47 Å². The molecule has 0 saturated carbocycles. The van der Waals surface area contributed by atoms with E-state index in [1.807, 2.05) is 48.5 Å². The molecule has 0 spiro atoms. The van der Waals surface area contributed by atoms with E-state index in [9.17, 15) is 19.5 Å². The first-order chi connectivity index (χ1) is 15.8. The van der Waals surface area contributed by atoms with Crippen LogP contribution in [0, 0.1) is 0 Å². The zero-order valence-corrected chi connectivity index (χ0v) is 18.9. The van der Waals surface area contributed by atoms with Gasteiger partial charge >= 0.3 is 12.1 Å². The summed E-state index contributed by atoms with van der Waals surface area (Å²) in [4.78, 5) is 38.3. The summed E-state index contributed by atoms with van der Waals surface area (Å²) >= 11 is 0. The second-order valence-corrected chi connectivity index (χ2v) is 8.14. The predicted molar refractivity (Wildman–Crippen MR) is 122 cm³/mol. The van der Waals surface area contributed by atoms with Crippen molar-refractivity contribution in [3.05, 3.63) is 59.7 Å². The second-order valence-electron chi connectivity index (χ2n) is 8.14. The SMILES string of the molecule is COCC(NC(=O)[C@H](CN(C)C)NC(=O)OCC1c2ccccc2-c2ccccc21)C(=O)O. The maximum absolute atomic E-state index is 12.7. The number of amides is 2. The number of nitrogens with one attached hydrogen (secondary N) is 2. The Morgan fingerprint density at radius 1 is 0.970 bits per heavy atom. The quantitative estimate of drug-likeness (QED) is 0.499. The lowest BCUT2D eigenvalue weighted by molar-refractivity contribution is -0.143. The highest BCUT2D eigenvalue weighted by Gasteiger charge is 2.31. The van der Waals surface area contributed by atoms with E-state index in [-0.39, 0.29) is 25.7 Å². The highest BCUT2D eigenvalue weighted by Crippen LogP contribution is 2.44. The molecule has 2 aromatic rings. The third-order valence-corrected chi connectivity index (χ3v) is 5.45. The number of methoxy groups -OCH3 is 1. The fourth-order valence-corrected chi connectivity index (χ4v) is 3.96. The van der Waals surface area contributed by atoms with E-state index in [0.717, 1.165) is 22.3 Å². The van der Waals surface area contributed by atoms with Crippen molar-refractivity contribution in [2.45, 2.75) is 18.0 Å². The van der Waals surface area contributed by atoms with Gasteiger partial charge in [-0.2, -0.15) is 0 Å². The normalized spacial score (nSPS) is 14.2. The molecule has 3 N–H and O–H groups in total. The van der Waals surface area contributed by atoms with Gasteiger partial charge in [0.15, 0.2) is 6.04 Å². The number of carbonyl (C=O) groups excluding carboxylic acids is 2. The molecule has 0 fully saturated rings. The summed E-state index contributed by atoms with van der Waals surface area (Å²) in [5.74, 6) is -1.97. The van der Waals surface area contributed by atoms with Crippen molar-refractivity contribution >= 4 is 18.0 Å². The Morgan fingerprint density at radius 2 is 1.55 bits per heavy atom. The van der Waals surface area contributed by atoms with Crippen molar-refractivity contribution in [2.24, 2.45) is 0 Å². The molecule has 0 aliphatic heterocycles. The molecule has 0 bridgehead atoms. The van der Waals surface area contributed by atoms with Gasteiger partial charge < -0.3 is 30.1 Å². The van der Waals surface area contributed by atoms with Crippen LogP contribution >= 0.6 is 0 Å². The monoisotopic (exact) mass is 455 g/mol. The van der Waals surface area contributed by atoms with E-state index in [0.29, 0.717) is 0 Å². The lowest BCUT2D eigenvalue weighted by Gasteiger charge is -2.24. The Labute approximate surface area is 192 Å². The lowest BCUT2D eigenvalue weighted by atomic mass is 9.98. The number of hydrogen-bond acceptors (Lipinski definition) is 6. The number of alkyl carbamates (subject to hydrolysis) is 1. The van der Waals surface area contributed by atoms with Gasteiger partial charge in [0.1, 0.15) is 12.6 Å². The standard InChI is InChI=1S/C24H29N3O6/c1-27(2)12-20(22(28)25-21(14-32-3)23(29)30)26-24(31)33-13-19-17-10-6-4-8-15(17)16-9-5-7-11-18(16)19/h4-11,19-21H,12-14H2,1-3H3,(H,25,28)(H,26,31)(H,29,30)/t20-,21?/m0/s1. The topological polar surface area (TPSA) is 117 Å². The fourth-order valence-electron chi connectivity index (χ4n) is 3.96. The highest BCUT2D eigenvalue weighted by atomic mass is 16.5. The molecular weight excluding hydrogens is 426 g/mol. The minimum atomic E-state index is -1.23. The van der Waals surface area contributed by atoms with Crippen LogP contribution in [0.15, 0.2) is 48.5 Å². The van der Waals surface area contributed by atoms with Gasteiger partial charge in [-0.15, -0.1) is 0 Å². The summed E-state index contributed by atoms with van der Waals surface area (Å²) in [5, 5.41) is 14.2. The number of carboxylic acids is 1. The maximum atomic E-state index is 12.7. The van der Waals surface area contributed by atoms with E-state index in [1.54, 1.807) is 19.0 Å². The Hall–Kier alpha value is -3.43. The number of aliphatic carboxylic acids is 1. The van der Waals surface area contributed by atoms with E-state index < -0.39 is 30.1 Å². The minimum absolute atomic E-state index is 0.109. The molecule has 3 rings (SSSR count). The Morgan fingerprint density at radius 3 is 2.06 bits per heavy atom. The molecule has 33 heavy (non-hydrogen) atoms. The minimum Gasteiger partial charge on any atom is -0.480 e. The number of ether oxygens (including phenoxy) is 2. The molecule has 1 aliphatic carbocycles. The molecule has 0 saturated heterocycles. The molecule has 0 heterocycles. The molecule has 2 amide bonds. The van der Waals surface area contributed by atoms with Crippen LogP contribution in [0.3, 0.4) is 0 Å². The molecule has 1 unspecified atom stereocenters. The van der Waals surface area contributed by atoms with Crippen molar-refractivity contribution in [1.82, 2.24) is 15.5 Å². The number of hydrogen-bond donors (Lipinski definition) is 3. The zero-order chi connectivity index (χ0) is 24.0. The van der Waals surface area contributed by atoms with Crippen molar-refractivity contribution in [3.63, 3.8) is 0 Å². The van der Waals surface area contributed by atoms with Gasteiger partial charge in [0.2, 0.25) is 5.91 Å². The van der Waals surface area contributed by atoms with Crippen molar-refractivity contribution in [3.8, 4) is 11.1 Å². The van der Waals surface area contributed by atoms with Crippen LogP contribution in [0.4, 0.5) is 4.79 Å². The first kappa shape index (κ1) is 24.2. The number of carboxylic acid groups (broad SMARTS) is 1. The van der Waals surface area contributed by atoms with Gasteiger partial charge in [-0.1, -0.05) is 48.5 Å². The summed E-state index contributed by atoms with van der Waals surface area (Å²) in [6.45, 7) is 0.0770. The molecule has 1 aliphatic rings. The van der Waals surface area contributed by atoms with Crippen molar-refractivity contribution < 1.29 is 29.0 Å². The van der Waals surface area contributed by atoms with Crippen LogP contribution in [0.1, 0.15) is 17.0 Å². The first-order valence-corrected chi connectivity index (χ1v) is 10.6. The number of benzene rings is 2. The first-order valence-electron chi connectivity index (χ1n) is 10.6. The fraction of sp³-hybridized carbons (Fsp3) is 0.375. The smallest absolute Gasteiger partial charge is 0.407 e. The number of nitrogens with zero attached hydrogens (tertiary/aromatic N) is 1. The van der Waals surface area contributed by atoms with Crippen molar-refractivity contribution in [2.75, 3.05) is 41.0 Å². The number of likely N-dealkylation sites (N-methyl/N-ethyl adjacent to an activating group) is 1. The molecule has 0 radical (unpaired) electrons. The van der Waals surface area contributed by atoms with Gasteiger partial charge in [0, 0.05) is 19.6 Å². The van der Waals surface area contributed by atoms with E-state index >= 15 is 0 Å². The van der Waals surface area contributed by atoms with Gasteiger partial charge in [0.05, 0.1) is 6.61 Å². The Balaban J connectivity index is 1.66. The lowest BCUT2D eigenvalue weighted by Crippen LogP contribution is -2.56. The van der Waals surface area contributed by atoms with Crippen LogP contribution in [-0.2, 0) is 19.1 Å². The third kappa shape index (κ3) is 5.88. The Kier molecular flexibility index (Phi) is 8.02. The van der Waals surface area contributed by atoms with E-state index in [1.165, 1.54) is 7.11 Å². The highest BCUT2D eigenvalue weighted by molar-refractivity contribution is 5.89. The molecule has 2 atom stereocenters. The van der Waals surface area contributed by atoms with Crippen LogP contribution in [-0.4, -0.2) is 81.0 Å². The summed E-state index contributed by atoms with van der Waals surface area (Å²) in [7, 11) is 4.82. The second kappa shape index (κ2) is 10.9. The van der Waals surface area contributed by atoms with Gasteiger partial charge in [0.25, 0.3) is 0 Å².